The van der Waals surface area contributed by atoms with Crippen molar-refractivity contribution in [3.05, 3.63) is 36.4 Å². The molecule has 0 bridgehead atoms. The molecule has 0 amide bonds. The number of ether oxygens (including phenoxy) is 2. The maximum absolute atomic E-state index is 5.62. The van der Waals surface area contributed by atoms with Gasteiger partial charge in [-0.25, -0.2) is 9.97 Å². The summed E-state index contributed by atoms with van der Waals surface area (Å²) in [7, 11) is 1.70. The van der Waals surface area contributed by atoms with Crippen LogP contribution in [0.4, 0.5) is 10.3 Å². The first-order valence-electron chi connectivity index (χ1n) is 9.71. The van der Waals surface area contributed by atoms with Crippen molar-refractivity contribution in [3.8, 4) is 11.5 Å². The van der Waals surface area contributed by atoms with E-state index in [0.29, 0.717) is 6.61 Å². The number of nitrogens with zero attached hydrogens (tertiary/aromatic N) is 4. The summed E-state index contributed by atoms with van der Waals surface area (Å²) < 4.78 is 13.3. The summed E-state index contributed by atoms with van der Waals surface area (Å²) in [6.45, 7) is 6.45. The topological polar surface area (TPSA) is 50.7 Å². The molecule has 0 N–H and O–H groups in total. The van der Waals surface area contributed by atoms with E-state index in [4.69, 9.17) is 19.4 Å². The van der Waals surface area contributed by atoms with Gasteiger partial charge in [0.2, 0.25) is 0 Å². The third kappa shape index (κ3) is 3.58. The summed E-state index contributed by atoms with van der Waals surface area (Å²) in [5.41, 5.74) is 2.07. The van der Waals surface area contributed by atoms with Crippen molar-refractivity contribution in [2.75, 3.05) is 49.7 Å². The van der Waals surface area contributed by atoms with Crippen LogP contribution in [0, 0.1) is 0 Å². The van der Waals surface area contributed by atoms with Gasteiger partial charge in [-0.2, -0.15) is 0 Å². The summed E-state index contributed by atoms with van der Waals surface area (Å²) in [5, 5.41) is 2.17. The largest absolute Gasteiger partial charge is 0.497 e. The minimum Gasteiger partial charge on any atom is -0.497 e. The number of anilines is 2. The summed E-state index contributed by atoms with van der Waals surface area (Å²) in [6.07, 6.45) is 0. The van der Waals surface area contributed by atoms with E-state index in [-0.39, 0.29) is 0 Å². The molecule has 29 heavy (non-hydrogen) atoms. The number of hydrogen-bond acceptors (Lipinski definition) is 8. The van der Waals surface area contributed by atoms with Crippen molar-refractivity contribution in [2.24, 2.45) is 0 Å². The van der Waals surface area contributed by atoms with Gasteiger partial charge in [-0.05, 0) is 43.3 Å². The van der Waals surface area contributed by atoms with Crippen LogP contribution in [0.1, 0.15) is 6.92 Å². The number of hydrogen-bond donors (Lipinski definition) is 0. The molecule has 0 atom stereocenters. The Bertz CT molecular complexity index is 1150. The van der Waals surface area contributed by atoms with Gasteiger partial charge in [-0.3, -0.25) is 0 Å². The fourth-order valence-electron chi connectivity index (χ4n) is 3.53. The van der Waals surface area contributed by atoms with Crippen LogP contribution in [0.3, 0.4) is 0 Å². The number of piperazine rings is 1. The van der Waals surface area contributed by atoms with Gasteiger partial charge in [0, 0.05) is 26.2 Å². The van der Waals surface area contributed by atoms with Gasteiger partial charge in [-0.1, -0.05) is 22.7 Å². The highest BCUT2D eigenvalue weighted by Gasteiger charge is 2.22. The molecule has 0 unspecified atom stereocenters. The zero-order valence-corrected chi connectivity index (χ0v) is 18.1. The number of benzene rings is 2. The van der Waals surface area contributed by atoms with Crippen LogP contribution in [0.15, 0.2) is 36.4 Å². The first kappa shape index (κ1) is 18.4. The molecule has 0 saturated carbocycles. The number of thiazole rings is 2. The minimum atomic E-state index is 0.678. The first-order chi connectivity index (χ1) is 14.2. The number of aromatic nitrogens is 2. The molecule has 3 heterocycles. The molecule has 1 fully saturated rings. The van der Waals surface area contributed by atoms with Crippen molar-refractivity contribution >= 4 is 53.4 Å². The molecular weight excluding hydrogens is 404 g/mol. The van der Waals surface area contributed by atoms with Gasteiger partial charge in [-0.15, -0.1) is 0 Å². The van der Waals surface area contributed by atoms with Crippen LogP contribution >= 0.6 is 22.7 Å². The maximum Gasteiger partial charge on any atom is 0.186 e. The second-order valence-corrected chi connectivity index (χ2v) is 8.88. The lowest BCUT2D eigenvalue weighted by molar-refractivity contribution is 0.341. The highest BCUT2D eigenvalue weighted by atomic mass is 32.1. The second-order valence-electron chi connectivity index (χ2n) is 6.86. The lowest BCUT2D eigenvalue weighted by Crippen LogP contribution is -2.46. The minimum absolute atomic E-state index is 0.678. The highest BCUT2D eigenvalue weighted by molar-refractivity contribution is 7.22. The number of methoxy groups -OCH3 is 1. The third-order valence-corrected chi connectivity index (χ3v) is 7.22. The smallest absolute Gasteiger partial charge is 0.186 e. The van der Waals surface area contributed by atoms with E-state index in [2.05, 4.69) is 21.9 Å². The fraction of sp³-hybridized carbons (Fsp3) is 0.333. The Kier molecular flexibility index (Phi) is 4.89. The van der Waals surface area contributed by atoms with Crippen LogP contribution in [0.5, 0.6) is 11.5 Å². The molecule has 5 rings (SSSR count). The lowest BCUT2D eigenvalue weighted by atomic mass is 10.3. The molecule has 150 valence electrons. The quantitative estimate of drug-likeness (QED) is 0.463. The van der Waals surface area contributed by atoms with E-state index in [1.807, 2.05) is 31.2 Å². The van der Waals surface area contributed by atoms with Crippen LogP contribution in [0.25, 0.3) is 20.4 Å². The molecular formula is C21H22N4O2S2. The molecule has 8 heteroatoms. The fourth-order valence-corrected chi connectivity index (χ4v) is 5.62. The Morgan fingerprint density at radius 3 is 1.86 bits per heavy atom. The van der Waals surface area contributed by atoms with Gasteiger partial charge in [0.25, 0.3) is 0 Å². The van der Waals surface area contributed by atoms with Gasteiger partial charge in [0.15, 0.2) is 10.3 Å². The third-order valence-electron chi connectivity index (χ3n) is 5.06. The van der Waals surface area contributed by atoms with Crippen LogP contribution in [-0.2, 0) is 0 Å². The Morgan fingerprint density at radius 1 is 0.828 bits per heavy atom. The number of rotatable bonds is 5. The molecule has 0 spiro atoms. The van der Waals surface area contributed by atoms with E-state index in [1.165, 1.54) is 4.70 Å². The molecule has 2 aromatic heterocycles. The molecule has 1 saturated heterocycles. The van der Waals surface area contributed by atoms with Crippen molar-refractivity contribution in [2.45, 2.75) is 6.92 Å². The molecule has 2 aromatic carbocycles. The zero-order valence-electron chi connectivity index (χ0n) is 16.4. The van der Waals surface area contributed by atoms with E-state index >= 15 is 0 Å². The summed E-state index contributed by atoms with van der Waals surface area (Å²) in [5.74, 6) is 1.79. The van der Waals surface area contributed by atoms with Gasteiger partial charge in [0.1, 0.15) is 11.5 Å². The maximum atomic E-state index is 5.62. The Labute approximate surface area is 177 Å². The Balaban J connectivity index is 1.30. The van der Waals surface area contributed by atoms with Gasteiger partial charge < -0.3 is 19.3 Å². The van der Waals surface area contributed by atoms with Gasteiger partial charge in [0.05, 0.1) is 34.1 Å². The van der Waals surface area contributed by atoms with Crippen molar-refractivity contribution in [1.82, 2.24) is 9.97 Å². The normalized spacial score (nSPS) is 14.7. The van der Waals surface area contributed by atoms with Crippen molar-refractivity contribution < 1.29 is 9.47 Å². The molecule has 6 nitrogen and oxygen atoms in total. The predicted octanol–water partition coefficient (Wildman–Crippen LogP) is 4.64. The van der Waals surface area contributed by atoms with E-state index < -0.39 is 0 Å². The average molecular weight is 427 g/mol. The monoisotopic (exact) mass is 426 g/mol. The highest BCUT2D eigenvalue weighted by Crippen LogP contribution is 2.34. The standard InChI is InChI=1S/C21H22N4O2S2/c1-3-27-15-5-7-17-19(13-15)29-21(23-17)25-10-8-24(9-11-25)20-22-16-6-4-14(26-2)12-18(16)28-20/h4-7,12-13H,3,8-11H2,1-2H3. The van der Waals surface area contributed by atoms with Crippen LogP contribution < -0.4 is 19.3 Å². The summed E-state index contributed by atoms with van der Waals surface area (Å²) >= 11 is 3.47. The molecule has 1 aliphatic heterocycles. The van der Waals surface area contributed by atoms with E-state index in [0.717, 1.165) is 63.7 Å². The predicted molar refractivity (Wildman–Crippen MR) is 121 cm³/mol. The molecule has 1 aliphatic rings. The average Bonchev–Trinajstić information content (AvgIpc) is 3.37. The van der Waals surface area contributed by atoms with Crippen molar-refractivity contribution in [1.29, 1.82) is 0 Å². The number of fused-ring (bicyclic) bond motifs is 2. The molecule has 4 aromatic rings. The van der Waals surface area contributed by atoms with Crippen LogP contribution in [0.2, 0.25) is 0 Å². The summed E-state index contributed by atoms with van der Waals surface area (Å²) in [6, 6.07) is 12.2. The second kappa shape index (κ2) is 7.68. The molecule has 0 aliphatic carbocycles. The lowest BCUT2D eigenvalue weighted by Gasteiger charge is -2.34. The zero-order chi connectivity index (χ0) is 19.8. The van der Waals surface area contributed by atoms with Gasteiger partial charge >= 0.3 is 0 Å². The Hall–Kier alpha value is -2.58. The van der Waals surface area contributed by atoms with E-state index in [1.54, 1.807) is 29.8 Å². The van der Waals surface area contributed by atoms with E-state index in [9.17, 15) is 0 Å². The Morgan fingerprint density at radius 2 is 1.34 bits per heavy atom. The summed E-state index contributed by atoms with van der Waals surface area (Å²) in [4.78, 5) is 14.4. The van der Waals surface area contributed by atoms with Crippen LogP contribution in [-0.4, -0.2) is 49.9 Å². The first-order valence-corrected chi connectivity index (χ1v) is 11.3. The van der Waals surface area contributed by atoms with Crippen molar-refractivity contribution in [3.63, 3.8) is 0 Å². The SMILES string of the molecule is CCOc1ccc2nc(N3CCN(c4nc5ccc(OC)cc5s4)CC3)sc2c1. The molecule has 0 radical (unpaired) electrons.